The van der Waals surface area contributed by atoms with Crippen LogP contribution in [-0.4, -0.2) is 25.0 Å². The summed E-state index contributed by atoms with van der Waals surface area (Å²) in [6.45, 7) is 2.49. The molecule has 6 heteroatoms. The first-order valence-electron chi connectivity index (χ1n) is 9.55. The predicted molar refractivity (Wildman–Crippen MR) is 112 cm³/mol. The molecule has 3 aromatic rings. The van der Waals surface area contributed by atoms with E-state index in [0.717, 1.165) is 28.5 Å². The van der Waals surface area contributed by atoms with Crippen molar-refractivity contribution in [2.75, 3.05) is 13.2 Å². The summed E-state index contributed by atoms with van der Waals surface area (Å²) in [6.07, 6.45) is 1.10. The minimum atomic E-state index is -0.442. The standard InChI is InChI=1S/C23H24N2O4/c1-2-14-28-19-10-12-20(13-11-19)29-16-23(27)25-24-22(26)15-18-8-5-7-17-6-3-4-9-21(17)18/h3-13H,2,14-16H2,1H3,(H,24,26)(H,25,27). The molecule has 3 rings (SSSR count). The third-order valence-electron chi connectivity index (χ3n) is 4.24. The Balaban J connectivity index is 1.43. The minimum Gasteiger partial charge on any atom is -0.494 e. The molecule has 0 atom stereocenters. The van der Waals surface area contributed by atoms with Crippen molar-refractivity contribution < 1.29 is 19.1 Å². The van der Waals surface area contributed by atoms with Gasteiger partial charge in [-0.2, -0.15) is 0 Å². The molecule has 0 aliphatic carbocycles. The summed E-state index contributed by atoms with van der Waals surface area (Å²) in [7, 11) is 0. The van der Waals surface area contributed by atoms with Gasteiger partial charge in [0, 0.05) is 0 Å². The molecule has 6 nitrogen and oxygen atoms in total. The average Bonchev–Trinajstić information content (AvgIpc) is 2.76. The van der Waals surface area contributed by atoms with Crippen molar-refractivity contribution in [1.82, 2.24) is 10.9 Å². The topological polar surface area (TPSA) is 76.7 Å². The van der Waals surface area contributed by atoms with E-state index in [1.165, 1.54) is 0 Å². The molecule has 29 heavy (non-hydrogen) atoms. The predicted octanol–water partition coefficient (Wildman–Crippen LogP) is 3.40. The number of carbonyl (C=O) groups excluding carboxylic acids is 2. The second-order valence-electron chi connectivity index (χ2n) is 6.52. The maximum absolute atomic E-state index is 12.2. The molecule has 0 aliphatic heterocycles. The van der Waals surface area contributed by atoms with Crippen molar-refractivity contribution in [1.29, 1.82) is 0 Å². The molecule has 0 spiro atoms. The first-order valence-corrected chi connectivity index (χ1v) is 9.55. The number of rotatable bonds is 8. The first kappa shape index (κ1) is 20.2. The van der Waals surface area contributed by atoms with E-state index in [1.807, 2.05) is 49.4 Å². The molecule has 0 fully saturated rings. The molecule has 0 bridgehead atoms. The zero-order chi connectivity index (χ0) is 20.5. The Kier molecular flexibility index (Phi) is 7.05. The van der Waals surface area contributed by atoms with Crippen LogP contribution in [0.1, 0.15) is 18.9 Å². The molecule has 0 saturated carbocycles. The normalized spacial score (nSPS) is 10.4. The highest BCUT2D eigenvalue weighted by atomic mass is 16.5. The lowest BCUT2D eigenvalue weighted by molar-refractivity contribution is -0.129. The summed E-state index contributed by atoms with van der Waals surface area (Å²) < 4.78 is 10.9. The number of ether oxygens (including phenoxy) is 2. The fourth-order valence-corrected chi connectivity index (χ4v) is 2.84. The molecule has 0 aromatic heterocycles. The molecule has 2 amide bonds. The molecule has 0 unspecified atom stereocenters. The van der Waals surface area contributed by atoms with Crippen LogP contribution in [0.4, 0.5) is 0 Å². The van der Waals surface area contributed by atoms with Gasteiger partial charge < -0.3 is 9.47 Å². The molecule has 2 N–H and O–H groups in total. The van der Waals surface area contributed by atoms with Gasteiger partial charge in [0.1, 0.15) is 11.5 Å². The van der Waals surface area contributed by atoms with Crippen LogP contribution in [-0.2, 0) is 16.0 Å². The Morgan fingerprint density at radius 1 is 0.793 bits per heavy atom. The van der Waals surface area contributed by atoms with E-state index in [1.54, 1.807) is 24.3 Å². The van der Waals surface area contributed by atoms with Crippen molar-refractivity contribution in [2.24, 2.45) is 0 Å². The van der Waals surface area contributed by atoms with Gasteiger partial charge in [0.2, 0.25) is 5.91 Å². The molecular formula is C23H24N2O4. The smallest absolute Gasteiger partial charge is 0.276 e. The van der Waals surface area contributed by atoms with Gasteiger partial charge in [-0.05, 0) is 47.0 Å². The Hall–Kier alpha value is -3.54. The van der Waals surface area contributed by atoms with E-state index in [2.05, 4.69) is 10.9 Å². The van der Waals surface area contributed by atoms with Crippen LogP contribution in [0.5, 0.6) is 11.5 Å². The molecule has 0 heterocycles. The molecule has 0 saturated heterocycles. The quantitative estimate of drug-likeness (QED) is 0.576. The second kappa shape index (κ2) is 10.1. The van der Waals surface area contributed by atoms with Crippen LogP contribution in [0.3, 0.4) is 0 Å². The Morgan fingerprint density at radius 2 is 1.45 bits per heavy atom. The zero-order valence-electron chi connectivity index (χ0n) is 16.3. The van der Waals surface area contributed by atoms with E-state index in [4.69, 9.17) is 9.47 Å². The highest BCUT2D eigenvalue weighted by molar-refractivity contribution is 5.91. The summed E-state index contributed by atoms with van der Waals surface area (Å²) in [4.78, 5) is 24.1. The van der Waals surface area contributed by atoms with Gasteiger partial charge in [-0.15, -0.1) is 0 Å². The molecule has 150 valence electrons. The lowest BCUT2D eigenvalue weighted by Crippen LogP contribution is -2.44. The number of benzene rings is 3. The van der Waals surface area contributed by atoms with Crippen molar-refractivity contribution in [3.63, 3.8) is 0 Å². The third kappa shape index (κ3) is 5.97. The monoisotopic (exact) mass is 392 g/mol. The fraction of sp³-hybridized carbons (Fsp3) is 0.217. The SMILES string of the molecule is CCCOc1ccc(OCC(=O)NNC(=O)Cc2cccc3ccccc23)cc1. The molecule has 3 aromatic carbocycles. The second-order valence-corrected chi connectivity index (χ2v) is 6.52. The molecule has 0 aliphatic rings. The van der Waals surface area contributed by atoms with E-state index in [0.29, 0.717) is 12.4 Å². The number of hydrogen-bond donors (Lipinski definition) is 2. The van der Waals surface area contributed by atoms with Gasteiger partial charge in [0.25, 0.3) is 5.91 Å². The number of fused-ring (bicyclic) bond motifs is 1. The summed E-state index contributed by atoms with van der Waals surface area (Å²) in [6, 6.07) is 20.7. The lowest BCUT2D eigenvalue weighted by Gasteiger charge is -2.10. The third-order valence-corrected chi connectivity index (χ3v) is 4.24. The minimum absolute atomic E-state index is 0.168. The Morgan fingerprint density at radius 3 is 2.21 bits per heavy atom. The first-order chi connectivity index (χ1) is 14.2. The van der Waals surface area contributed by atoms with Crippen LogP contribution in [0.15, 0.2) is 66.7 Å². The van der Waals surface area contributed by atoms with Crippen LogP contribution in [0.2, 0.25) is 0 Å². The zero-order valence-corrected chi connectivity index (χ0v) is 16.3. The summed E-state index contributed by atoms with van der Waals surface area (Å²) in [5, 5.41) is 2.09. The van der Waals surface area contributed by atoms with Gasteiger partial charge in [0.05, 0.1) is 13.0 Å². The van der Waals surface area contributed by atoms with Crippen LogP contribution in [0, 0.1) is 0 Å². The van der Waals surface area contributed by atoms with Gasteiger partial charge in [-0.3, -0.25) is 20.4 Å². The maximum atomic E-state index is 12.2. The summed E-state index contributed by atoms with van der Waals surface area (Å²) in [5.74, 6) is 0.560. The Bertz CT molecular complexity index is 965. The lowest BCUT2D eigenvalue weighted by atomic mass is 10.0. The van der Waals surface area contributed by atoms with Crippen molar-refractivity contribution in [2.45, 2.75) is 19.8 Å². The number of hydrazine groups is 1. The van der Waals surface area contributed by atoms with E-state index >= 15 is 0 Å². The van der Waals surface area contributed by atoms with E-state index in [9.17, 15) is 9.59 Å². The van der Waals surface area contributed by atoms with Crippen LogP contribution in [0.25, 0.3) is 10.8 Å². The van der Waals surface area contributed by atoms with Crippen molar-refractivity contribution in [3.8, 4) is 11.5 Å². The highest BCUT2D eigenvalue weighted by Crippen LogP contribution is 2.19. The summed E-state index contributed by atoms with van der Waals surface area (Å²) in [5.41, 5.74) is 5.70. The maximum Gasteiger partial charge on any atom is 0.276 e. The van der Waals surface area contributed by atoms with Crippen molar-refractivity contribution >= 4 is 22.6 Å². The number of carbonyl (C=O) groups is 2. The van der Waals surface area contributed by atoms with Crippen molar-refractivity contribution in [3.05, 3.63) is 72.3 Å². The highest BCUT2D eigenvalue weighted by Gasteiger charge is 2.09. The molecule has 0 radical (unpaired) electrons. The van der Waals surface area contributed by atoms with Gasteiger partial charge in [-0.1, -0.05) is 49.4 Å². The average molecular weight is 392 g/mol. The van der Waals surface area contributed by atoms with E-state index < -0.39 is 5.91 Å². The van der Waals surface area contributed by atoms with Gasteiger partial charge in [-0.25, -0.2) is 0 Å². The van der Waals surface area contributed by atoms with Gasteiger partial charge >= 0.3 is 0 Å². The van der Waals surface area contributed by atoms with E-state index in [-0.39, 0.29) is 18.9 Å². The number of nitrogens with one attached hydrogen (secondary N) is 2. The Labute approximate surface area is 169 Å². The van der Waals surface area contributed by atoms with Gasteiger partial charge in [0.15, 0.2) is 6.61 Å². The largest absolute Gasteiger partial charge is 0.494 e. The number of amides is 2. The molecular weight excluding hydrogens is 368 g/mol. The summed E-state index contributed by atoms with van der Waals surface area (Å²) >= 11 is 0. The fourth-order valence-electron chi connectivity index (χ4n) is 2.84. The van der Waals surface area contributed by atoms with Crippen LogP contribution < -0.4 is 20.3 Å². The number of hydrogen-bond acceptors (Lipinski definition) is 4. The van der Waals surface area contributed by atoms with Crippen LogP contribution >= 0.6 is 0 Å².